The summed E-state index contributed by atoms with van der Waals surface area (Å²) in [6, 6.07) is 0. The number of rotatable bonds is 3. The molecule has 6 heteroatoms. The Balaban J connectivity index is 4.67. The lowest BCUT2D eigenvalue weighted by molar-refractivity contribution is -0.336. The molecule has 0 fully saturated rings. The van der Waals surface area contributed by atoms with Gasteiger partial charge in [0.15, 0.2) is 0 Å². The molecule has 0 atom stereocenters. The van der Waals surface area contributed by atoms with Crippen molar-refractivity contribution < 1.29 is 25.2 Å². The van der Waals surface area contributed by atoms with Gasteiger partial charge in [-0.3, -0.25) is 4.79 Å². The number of hydrogen-bond donors (Lipinski definition) is 5. The highest BCUT2D eigenvalue weighted by molar-refractivity contribution is 5.82. The second-order valence-electron chi connectivity index (χ2n) is 2.21. The fourth-order valence-corrected chi connectivity index (χ4v) is 0.444. The van der Waals surface area contributed by atoms with E-state index in [2.05, 4.69) is 5.73 Å². The maximum absolute atomic E-state index is 10.2. The van der Waals surface area contributed by atoms with E-state index in [-0.39, 0.29) is 0 Å². The number of carbonyl (C=O) groups is 1. The molecule has 0 rings (SSSR count). The van der Waals surface area contributed by atoms with Crippen molar-refractivity contribution in [1.82, 2.24) is 0 Å². The summed E-state index contributed by atoms with van der Waals surface area (Å²) >= 11 is 0. The number of amides is 1. The number of primary amides is 1. The van der Waals surface area contributed by atoms with Crippen LogP contribution in [0, 0.1) is 0 Å². The molecule has 0 aromatic heterocycles. The third kappa shape index (κ3) is 1.66. The van der Waals surface area contributed by atoms with Crippen LogP contribution in [0.5, 0.6) is 0 Å². The van der Waals surface area contributed by atoms with Gasteiger partial charge in [-0.25, -0.2) is 0 Å². The second-order valence-corrected chi connectivity index (χ2v) is 2.21. The van der Waals surface area contributed by atoms with Gasteiger partial charge in [0.1, 0.15) is 0 Å². The highest BCUT2D eigenvalue weighted by atomic mass is 16.6. The molecule has 0 spiro atoms. The minimum absolute atomic E-state index is 0.428. The molecule has 66 valence electrons. The van der Waals surface area contributed by atoms with E-state index in [0.717, 1.165) is 0 Å². The number of nitrogens with two attached hydrogens (primary N) is 1. The maximum atomic E-state index is 10.2. The third-order valence-electron chi connectivity index (χ3n) is 1.39. The quantitative estimate of drug-likeness (QED) is 0.290. The zero-order chi connectivity index (χ0) is 9.28. The maximum Gasteiger partial charge on any atom is 0.300 e. The average Bonchev–Trinajstić information content (AvgIpc) is 1.87. The predicted octanol–water partition coefficient (Wildman–Crippen LogP) is -2.76. The lowest BCUT2D eigenvalue weighted by Gasteiger charge is -2.30. The molecule has 6 nitrogen and oxygen atoms in total. The summed E-state index contributed by atoms with van der Waals surface area (Å²) in [7, 11) is 0. The van der Waals surface area contributed by atoms with Gasteiger partial charge in [0.25, 0.3) is 11.7 Å². The summed E-state index contributed by atoms with van der Waals surface area (Å²) in [5, 5.41) is 35.0. The fraction of sp³-hybridized carbons (Fsp3) is 0.800. The first-order valence-electron chi connectivity index (χ1n) is 2.95. The highest BCUT2D eigenvalue weighted by Gasteiger charge is 2.51. The van der Waals surface area contributed by atoms with Crippen molar-refractivity contribution in [3.63, 3.8) is 0 Å². The molecule has 0 saturated heterocycles. The van der Waals surface area contributed by atoms with Crippen LogP contribution in [0.2, 0.25) is 0 Å². The summed E-state index contributed by atoms with van der Waals surface area (Å²) in [6.07, 6.45) is -0.428. The van der Waals surface area contributed by atoms with Gasteiger partial charge in [-0.2, -0.15) is 0 Å². The summed E-state index contributed by atoms with van der Waals surface area (Å²) in [5.41, 5.74) is 4.47. The van der Waals surface area contributed by atoms with E-state index < -0.39 is 23.9 Å². The second kappa shape index (κ2) is 2.74. The molecule has 11 heavy (non-hydrogen) atoms. The number of carbonyl (C=O) groups excluding carboxylic acids is 1. The van der Waals surface area contributed by atoms with Crippen molar-refractivity contribution in [2.45, 2.75) is 24.9 Å². The van der Waals surface area contributed by atoms with E-state index in [0.29, 0.717) is 0 Å². The first-order valence-corrected chi connectivity index (χ1v) is 2.95. The van der Waals surface area contributed by atoms with Crippen LogP contribution in [0.1, 0.15) is 13.3 Å². The first-order chi connectivity index (χ1) is 4.75. The van der Waals surface area contributed by atoms with Gasteiger partial charge in [0, 0.05) is 6.42 Å². The minimum atomic E-state index is -3.30. The standard InChI is InChI=1S/C5H11NO5/c1-2-4(8,9)5(10,11)3(6)7/h8-11H,2H2,1H3,(H2,6,7). The number of aliphatic hydroxyl groups is 4. The van der Waals surface area contributed by atoms with Crippen molar-refractivity contribution in [3.8, 4) is 0 Å². The molecule has 6 N–H and O–H groups in total. The third-order valence-corrected chi connectivity index (χ3v) is 1.39. The summed E-state index contributed by atoms with van der Waals surface area (Å²) < 4.78 is 0. The van der Waals surface area contributed by atoms with Gasteiger partial charge in [0.05, 0.1) is 0 Å². The number of hydrogen-bond acceptors (Lipinski definition) is 5. The largest absolute Gasteiger partial charge is 0.365 e. The molecule has 0 radical (unpaired) electrons. The zero-order valence-electron chi connectivity index (χ0n) is 5.98. The Morgan fingerprint density at radius 2 is 1.73 bits per heavy atom. The Labute approximate surface area is 62.9 Å². The zero-order valence-corrected chi connectivity index (χ0v) is 5.98. The Morgan fingerprint density at radius 1 is 1.36 bits per heavy atom. The van der Waals surface area contributed by atoms with Gasteiger partial charge in [-0.15, -0.1) is 0 Å². The highest BCUT2D eigenvalue weighted by Crippen LogP contribution is 2.19. The normalized spacial score (nSPS) is 13.2. The van der Waals surface area contributed by atoms with E-state index in [4.69, 9.17) is 20.4 Å². The van der Waals surface area contributed by atoms with Crippen LogP contribution in [0.3, 0.4) is 0 Å². The molecule has 0 bridgehead atoms. The van der Waals surface area contributed by atoms with Crippen LogP contribution < -0.4 is 5.73 Å². The van der Waals surface area contributed by atoms with E-state index in [1.165, 1.54) is 6.92 Å². The molecule has 0 aliphatic rings. The monoisotopic (exact) mass is 165 g/mol. The van der Waals surface area contributed by atoms with Crippen molar-refractivity contribution >= 4 is 5.91 Å². The SMILES string of the molecule is CCC(O)(O)C(O)(O)C(N)=O. The summed E-state index contributed by atoms with van der Waals surface area (Å²) in [6.45, 7) is 1.25. The molecule has 0 aromatic carbocycles. The molecule has 0 heterocycles. The smallest absolute Gasteiger partial charge is 0.300 e. The van der Waals surface area contributed by atoms with Crippen molar-refractivity contribution in [1.29, 1.82) is 0 Å². The van der Waals surface area contributed by atoms with Gasteiger partial charge in [0.2, 0.25) is 5.79 Å². The van der Waals surface area contributed by atoms with Crippen molar-refractivity contribution in [3.05, 3.63) is 0 Å². The Morgan fingerprint density at radius 3 is 1.82 bits per heavy atom. The van der Waals surface area contributed by atoms with Crippen LogP contribution in [0.15, 0.2) is 0 Å². The molecular formula is C5H11NO5. The van der Waals surface area contributed by atoms with Crippen LogP contribution in [0.4, 0.5) is 0 Å². The van der Waals surface area contributed by atoms with Crippen LogP contribution in [-0.4, -0.2) is 37.9 Å². The lowest BCUT2D eigenvalue weighted by Crippen LogP contribution is -2.61. The Kier molecular flexibility index (Phi) is 2.57. The molecule has 0 saturated carbocycles. The van der Waals surface area contributed by atoms with E-state index in [9.17, 15) is 4.79 Å². The molecule has 0 aliphatic heterocycles. The average molecular weight is 165 g/mol. The molecule has 0 aromatic rings. The van der Waals surface area contributed by atoms with Gasteiger partial charge in [-0.1, -0.05) is 6.92 Å². The molecule has 1 amide bonds. The topological polar surface area (TPSA) is 124 Å². The summed E-state index contributed by atoms with van der Waals surface area (Å²) in [4.78, 5) is 10.2. The van der Waals surface area contributed by atoms with E-state index >= 15 is 0 Å². The van der Waals surface area contributed by atoms with Gasteiger partial charge >= 0.3 is 0 Å². The lowest BCUT2D eigenvalue weighted by atomic mass is 10.0. The Bertz CT molecular complexity index is 164. The molecular weight excluding hydrogens is 154 g/mol. The van der Waals surface area contributed by atoms with E-state index in [1.54, 1.807) is 0 Å². The van der Waals surface area contributed by atoms with Crippen molar-refractivity contribution in [2.75, 3.05) is 0 Å². The summed E-state index contributed by atoms with van der Waals surface area (Å²) in [5.74, 6) is -7.81. The van der Waals surface area contributed by atoms with E-state index in [1.807, 2.05) is 0 Å². The molecule has 0 aliphatic carbocycles. The van der Waals surface area contributed by atoms with Crippen LogP contribution in [0.25, 0.3) is 0 Å². The predicted molar refractivity (Wildman–Crippen MR) is 33.8 cm³/mol. The Hall–Kier alpha value is -0.690. The van der Waals surface area contributed by atoms with Crippen LogP contribution in [-0.2, 0) is 4.79 Å². The van der Waals surface area contributed by atoms with Gasteiger partial charge < -0.3 is 26.2 Å². The van der Waals surface area contributed by atoms with Crippen LogP contribution >= 0.6 is 0 Å². The van der Waals surface area contributed by atoms with Gasteiger partial charge in [-0.05, 0) is 0 Å². The fourth-order valence-electron chi connectivity index (χ4n) is 0.444. The first kappa shape index (κ1) is 10.3. The van der Waals surface area contributed by atoms with Crippen molar-refractivity contribution in [2.24, 2.45) is 5.73 Å². The minimum Gasteiger partial charge on any atom is -0.365 e. The molecule has 0 unspecified atom stereocenters.